The summed E-state index contributed by atoms with van der Waals surface area (Å²) in [6.07, 6.45) is 9.01. The molecule has 0 spiro atoms. The van der Waals surface area contributed by atoms with E-state index in [2.05, 4.69) is 15.3 Å². The third-order valence-corrected chi connectivity index (χ3v) is 4.22. The number of fused-ring (bicyclic) bond motifs is 2. The minimum atomic E-state index is 0.588. The smallest absolute Gasteiger partial charge is 0.222 e. The number of nitrogens with one attached hydrogen (secondary N) is 1. The molecule has 0 amide bonds. The number of halogens is 1. The SMILES string of the molecule is Clc1cnc(NCC2CC3CCC2C3)nc1. The zero-order valence-corrected chi connectivity index (χ0v) is 9.95. The van der Waals surface area contributed by atoms with E-state index in [-0.39, 0.29) is 0 Å². The van der Waals surface area contributed by atoms with Crippen molar-refractivity contribution in [3.63, 3.8) is 0 Å². The van der Waals surface area contributed by atoms with E-state index >= 15 is 0 Å². The van der Waals surface area contributed by atoms with E-state index in [0.29, 0.717) is 11.0 Å². The number of rotatable bonds is 3. The summed E-state index contributed by atoms with van der Waals surface area (Å²) in [6.45, 7) is 1.02. The number of hydrogen-bond donors (Lipinski definition) is 1. The van der Waals surface area contributed by atoms with Crippen LogP contribution >= 0.6 is 11.6 Å². The Kier molecular flexibility index (Phi) is 2.72. The van der Waals surface area contributed by atoms with Crippen LogP contribution in [0.2, 0.25) is 5.02 Å². The predicted molar refractivity (Wildman–Crippen MR) is 64.5 cm³/mol. The van der Waals surface area contributed by atoms with Crippen LogP contribution in [0.3, 0.4) is 0 Å². The average Bonchev–Trinajstić information content (AvgIpc) is 2.90. The van der Waals surface area contributed by atoms with E-state index < -0.39 is 0 Å². The van der Waals surface area contributed by atoms with Crippen molar-refractivity contribution in [3.05, 3.63) is 17.4 Å². The second kappa shape index (κ2) is 4.21. The lowest BCUT2D eigenvalue weighted by molar-refractivity contribution is 0.348. The first-order chi connectivity index (χ1) is 7.81. The predicted octanol–water partition coefficient (Wildman–Crippen LogP) is 2.98. The van der Waals surface area contributed by atoms with Gasteiger partial charge in [0.15, 0.2) is 0 Å². The van der Waals surface area contributed by atoms with Crippen LogP contribution in [-0.4, -0.2) is 16.5 Å². The highest BCUT2D eigenvalue weighted by Crippen LogP contribution is 2.48. The first-order valence-electron chi connectivity index (χ1n) is 6.02. The molecular formula is C12H16ClN3. The molecule has 1 aromatic rings. The Morgan fingerprint density at radius 1 is 1.25 bits per heavy atom. The summed E-state index contributed by atoms with van der Waals surface area (Å²) in [5, 5.41) is 3.91. The van der Waals surface area contributed by atoms with Gasteiger partial charge >= 0.3 is 0 Å². The van der Waals surface area contributed by atoms with Crippen LogP contribution in [-0.2, 0) is 0 Å². The lowest BCUT2D eigenvalue weighted by Crippen LogP contribution is -2.20. The second-order valence-corrected chi connectivity index (χ2v) is 5.48. The molecule has 2 bridgehead atoms. The number of nitrogens with zero attached hydrogens (tertiary/aromatic N) is 2. The van der Waals surface area contributed by atoms with E-state index in [4.69, 9.17) is 11.6 Å². The van der Waals surface area contributed by atoms with Gasteiger partial charge in [0, 0.05) is 6.54 Å². The maximum atomic E-state index is 5.74. The molecule has 1 aromatic heterocycles. The lowest BCUT2D eigenvalue weighted by Gasteiger charge is -2.21. The van der Waals surface area contributed by atoms with Crippen LogP contribution < -0.4 is 5.32 Å². The molecule has 2 saturated carbocycles. The van der Waals surface area contributed by atoms with Crippen molar-refractivity contribution in [3.8, 4) is 0 Å². The monoisotopic (exact) mass is 237 g/mol. The molecule has 2 fully saturated rings. The Hall–Kier alpha value is -0.830. The van der Waals surface area contributed by atoms with Crippen molar-refractivity contribution in [1.82, 2.24) is 9.97 Å². The summed E-state index contributed by atoms with van der Waals surface area (Å²) in [6, 6.07) is 0. The highest BCUT2D eigenvalue weighted by atomic mass is 35.5. The van der Waals surface area contributed by atoms with E-state index in [1.54, 1.807) is 12.4 Å². The zero-order valence-electron chi connectivity index (χ0n) is 9.19. The quantitative estimate of drug-likeness (QED) is 0.878. The van der Waals surface area contributed by atoms with Gasteiger partial charge in [-0.1, -0.05) is 18.0 Å². The molecule has 86 valence electrons. The van der Waals surface area contributed by atoms with Crippen LogP contribution in [0, 0.1) is 17.8 Å². The second-order valence-electron chi connectivity index (χ2n) is 5.04. The van der Waals surface area contributed by atoms with Gasteiger partial charge in [0.2, 0.25) is 5.95 Å². The van der Waals surface area contributed by atoms with E-state index in [0.717, 1.165) is 24.3 Å². The van der Waals surface area contributed by atoms with Gasteiger partial charge in [0.1, 0.15) is 0 Å². The van der Waals surface area contributed by atoms with Crippen molar-refractivity contribution in [2.45, 2.75) is 25.7 Å². The first kappa shape index (κ1) is 10.3. The molecular weight excluding hydrogens is 222 g/mol. The molecule has 0 radical (unpaired) electrons. The molecule has 3 unspecified atom stereocenters. The summed E-state index contributed by atoms with van der Waals surface area (Å²) in [5.74, 6) is 3.48. The van der Waals surface area contributed by atoms with Gasteiger partial charge in [-0.05, 0) is 37.0 Å². The number of anilines is 1. The lowest BCUT2D eigenvalue weighted by atomic mass is 9.89. The molecule has 3 atom stereocenters. The number of aromatic nitrogens is 2. The highest BCUT2D eigenvalue weighted by Gasteiger charge is 2.39. The Labute approximate surface area is 101 Å². The van der Waals surface area contributed by atoms with Crippen LogP contribution in [0.15, 0.2) is 12.4 Å². The fourth-order valence-electron chi connectivity index (χ4n) is 3.25. The third kappa shape index (κ3) is 2.01. The average molecular weight is 238 g/mol. The molecule has 16 heavy (non-hydrogen) atoms. The van der Waals surface area contributed by atoms with E-state index in [1.807, 2.05) is 0 Å². The maximum absolute atomic E-state index is 5.74. The van der Waals surface area contributed by atoms with Crippen molar-refractivity contribution in [2.24, 2.45) is 17.8 Å². The molecule has 0 saturated heterocycles. The van der Waals surface area contributed by atoms with Gasteiger partial charge in [0.05, 0.1) is 17.4 Å². The fourth-order valence-corrected chi connectivity index (χ4v) is 3.35. The molecule has 1 N–H and O–H groups in total. The normalized spacial score (nSPS) is 31.9. The van der Waals surface area contributed by atoms with Gasteiger partial charge in [-0.2, -0.15) is 0 Å². The molecule has 3 nitrogen and oxygen atoms in total. The summed E-state index contributed by atoms with van der Waals surface area (Å²) in [4.78, 5) is 8.29. The third-order valence-electron chi connectivity index (χ3n) is 4.03. The van der Waals surface area contributed by atoms with Crippen LogP contribution in [0.5, 0.6) is 0 Å². The summed E-state index contributed by atoms with van der Waals surface area (Å²) >= 11 is 5.74. The minimum Gasteiger partial charge on any atom is -0.354 e. The van der Waals surface area contributed by atoms with Crippen molar-refractivity contribution < 1.29 is 0 Å². The fraction of sp³-hybridized carbons (Fsp3) is 0.667. The molecule has 3 rings (SSSR count). The van der Waals surface area contributed by atoms with Gasteiger partial charge in [-0.15, -0.1) is 0 Å². The first-order valence-corrected chi connectivity index (χ1v) is 6.40. The van der Waals surface area contributed by atoms with Crippen LogP contribution in [0.4, 0.5) is 5.95 Å². The van der Waals surface area contributed by atoms with Crippen LogP contribution in [0.25, 0.3) is 0 Å². The molecule has 2 aliphatic carbocycles. The Balaban J connectivity index is 1.55. The van der Waals surface area contributed by atoms with Crippen molar-refractivity contribution in [1.29, 1.82) is 0 Å². The van der Waals surface area contributed by atoms with Crippen molar-refractivity contribution in [2.75, 3.05) is 11.9 Å². The standard InChI is InChI=1S/C12H16ClN3/c13-11-6-15-12(16-7-11)14-5-10-4-8-1-2-9(10)3-8/h6-10H,1-5H2,(H,14,15,16). The molecule has 0 aromatic carbocycles. The van der Waals surface area contributed by atoms with E-state index in [9.17, 15) is 0 Å². The minimum absolute atomic E-state index is 0.588. The highest BCUT2D eigenvalue weighted by molar-refractivity contribution is 6.30. The molecule has 4 heteroatoms. The largest absolute Gasteiger partial charge is 0.354 e. The van der Waals surface area contributed by atoms with Crippen molar-refractivity contribution >= 4 is 17.5 Å². The molecule has 2 aliphatic rings. The van der Waals surface area contributed by atoms with E-state index in [1.165, 1.54) is 25.7 Å². The topological polar surface area (TPSA) is 37.8 Å². The summed E-state index contributed by atoms with van der Waals surface area (Å²) < 4.78 is 0. The number of hydrogen-bond acceptors (Lipinski definition) is 3. The Morgan fingerprint density at radius 3 is 2.69 bits per heavy atom. The summed E-state index contributed by atoms with van der Waals surface area (Å²) in [5.41, 5.74) is 0. The Morgan fingerprint density at radius 2 is 2.06 bits per heavy atom. The van der Waals surface area contributed by atoms with Crippen LogP contribution in [0.1, 0.15) is 25.7 Å². The van der Waals surface area contributed by atoms with Gasteiger partial charge in [-0.3, -0.25) is 0 Å². The molecule has 1 heterocycles. The van der Waals surface area contributed by atoms with Gasteiger partial charge < -0.3 is 5.32 Å². The zero-order chi connectivity index (χ0) is 11.0. The van der Waals surface area contributed by atoms with Gasteiger partial charge in [0.25, 0.3) is 0 Å². The van der Waals surface area contributed by atoms with Gasteiger partial charge in [-0.25, -0.2) is 9.97 Å². The summed E-state index contributed by atoms with van der Waals surface area (Å²) in [7, 11) is 0. The maximum Gasteiger partial charge on any atom is 0.222 e. The Bertz CT molecular complexity index is 365. The molecule has 0 aliphatic heterocycles.